The zero-order chi connectivity index (χ0) is 7.84. The first-order valence-electron chi connectivity index (χ1n) is 3.94. The number of nitrogens with two attached hydrogens (primary N) is 1. The van der Waals surface area contributed by atoms with Crippen LogP contribution in [0.3, 0.4) is 0 Å². The van der Waals surface area contributed by atoms with Crippen LogP contribution in [0.25, 0.3) is 0 Å². The average molecular weight is 152 g/mol. The molecule has 1 aromatic heterocycles. The van der Waals surface area contributed by atoms with Crippen molar-refractivity contribution in [3.8, 4) is 0 Å². The van der Waals surface area contributed by atoms with Crippen LogP contribution in [0, 0.1) is 12.8 Å². The van der Waals surface area contributed by atoms with Crippen molar-refractivity contribution < 1.29 is 4.52 Å². The molecule has 1 saturated carbocycles. The van der Waals surface area contributed by atoms with Crippen molar-refractivity contribution in [3.05, 3.63) is 17.5 Å². The van der Waals surface area contributed by atoms with E-state index in [9.17, 15) is 0 Å². The van der Waals surface area contributed by atoms with Gasteiger partial charge in [0.05, 0.1) is 5.69 Å². The van der Waals surface area contributed by atoms with Crippen molar-refractivity contribution in [2.75, 3.05) is 6.54 Å². The summed E-state index contributed by atoms with van der Waals surface area (Å²) in [5, 5.41) is 3.95. The van der Waals surface area contributed by atoms with Gasteiger partial charge in [-0.1, -0.05) is 5.16 Å². The zero-order valence-corrected chi connectivity index (χ0v) is 6.58. The number of hydrogen-bond acceptors (Lipinski definition) is 3. The lowest BCUT2D eigenvalue weighted by atomic mass is 10.2. The van der Waals surface area contributed by atoms with Gasteiger partial charge in [0.15, 0.2) is 0 Å². The standard InChI is InChI=1S/C8H12N2O/c1-5-2-8(10-11-5)7-3-6(7)4-9/h2,6-7H,3-4,9H2,1H3. The van der Waals surface area contributed by atoms with Crippen molar-refractivity contribution in [2.24, 2.45) is 11.7 Å². The van der Waals surface area contributed by atoms with Gasteiger partial charge in [-0.15, -0.1) is 0 Å². The highest BCUT2D eigenvalue weighted by molar-refractivity contribution is 5.17. The van der Waals surface area contributed by atoms with E-state index in [-0.39, 0.29) is 0 Å². The van der Waals surface area contributed by atoms with Gasteiger partial charge in [-0.2, -0.15) is 0 Å². The van der Waals surface area contributed by atoms with Crippen LogP contribution in [0.4, 0.5) is 0 Å². The van der Waals surface area contributed by atoms with Crippen molar-refractivity contribution in [1.29, 1.82) is 0 Å². The molecule has 11 heavy (non-hydrogen) atoms. The largest absolute Gasteiger partial charge is 0.361 e. The fraction of sp³-hybridized carbons (Fsp3) is 0.625. The summed E-state index contributed by atoms with van der Waals surface area (Å²) in [6.45, 7) is 2.69. The van der Waals surface area contributed by atoms with Crippen LogP contribution in [0.15, 0.2) is 10.6 Å². The predicted octanol–water partition coefficient (Wildman–Crippen LogP) is 1.05. The van der Waals surface area contributed by atoms with Crippen LogP contribution in [0.1, 0.15) is 23.8 Å². The van der Waals surface area contributed by atoms with Crippen LogP contribution < -0.4 is 5.73 Å². The monoisotopic (exact) mass is 152 g/mol. The van der Waals surface area contributed by atoms with Crippen molar-refractivity contribution in [1.82, 2.24) is 5.16 Å². The number of hydrogen-bond donors (Lipinski definition) is 1. The summed E-state index contributed by atoms with van der Waals surface area (Å²) >= 11 is 0. The van der Waals surface area contributed by atoms with E-state index in [0.29, 0.717) is 11.8 Å². The van der Waals surface area contributed by atoms with Crippen LogP contribution in [0.5, 0.6) is 0 Å². The van der Waals surface area contributed by atoms with Crippen molar-refractivity contribution in [3.63, 3.8) is 0 Å². The summed E-state index contributed by atoms with van der Waals surface area (Å²) < 4.78 is 4.97. The third-order valence-corrected chi connectivity index (χ3v) is 2.25. The third kappa shape index (κ3) is 1.16. The maximum Gasteiger partial charge on any atom is 0.133 e. The molecule has 2 N–H and O–H groups in total. The molecule has 0 bridgehead atoms. The molecule has 60 valence electrons. The molecule has 0 radical (unpaired) electrons. The Morgan fingerprint density at radius 1 is 1.82 bits per heavy atom. The minimum absolute atomic E-state index is 0.581. The van der Waals surface area contributed by atoms with Gasteiger partial charge >= 0.3 is 0 Å². The van der Waals surface area contributed by atoms with Gasteiger partial charge in [0, 0.05) is 12.0 Å². The van der Waals surface area contributed by atoms with E-state index in [1.165, 1.54) is 6.42 Å². The highest BCUT2D eigenvalue weighted by Crippen LogP contribution is 2.45. The van der Waals surface area contributed by atoms with Gasteiger partial charge in [0.1, 0.15) is 5.76 Å². The van der Waals surface area contributed by atoms with Gasteiger partial charge in [-0.25, -0.2) is 0 Å². The van der Waals surface area contributed by atoms with Crippen LogP contribution in [-0.4, -0.2) is 11.7 Å². The summed E-state index contributed by atoms with van der Waals surface area (Å²) in [5.74, 6) is 2.12. The van der Waals surface area contributed by atoms with E-state index in [1.54, 1.807) is 0 Å². The smallest absolute Gasteiger partial charge is 0.133 e. The highest BCUT2D eigenvalue weighted by atomic mass is 16.5. The number of nitrogens with zero attached hydrogens (tertiary/aromatic N) is 1. The second-order valence-corrected chi connectivity index (χ2v) is 3.20. The molecule has 1 fully saturated rings. The van der Waals surface area contributed by atoms with E-state index in [4.69, 9.17) is 10.3 Å². The fourth-order valence-electron chi connectivity index (χ4n) is 1.43. The topological polar surface area (TPSA) is 52.0 Å². The molecular weight excluding hydrogens is 140 g/mol. The first kappa shape index (κ1) is 6.85. The van der Waals surface area contributed by atoms with E-state index < -0.39 is 0 Å². The molecule has 0 spiro atoms. The molecule has 1 aliphatic rings. The van der Waals surface area contributed by atoms with E-state index in [0.717, 1.165) is 18.0 Å². The second kappa shape index (κ2) is 2.34. The molecule has 0 amide bonds. The first-order chi connectivity index (χ1) is 5.31. The summed E-state index contributed by atoms with van der Waals surface area (Å²) in [4.78, 5) is 0. The maximum atomic E-state index is 5.51. The Morgan fingerprint density at radius 2 is 2.64 bits per heavy atom. The summed E-state index contributed by atoms with van der Waals surface area (Å²) in [5.41, 5.74) is 6.59. The minimum Gasteiger partial charge on any atom is -0.361 e. The Morgan fingerprint density at radius 3 is 3.09 bits per heavy atom. The Labute approximate surface area is 65.6 Å². The van der Waals surface area contributed by atoms with Crippen molar-refractivity contribution >= 4 is 0 Å². The van der Waals surface area contributed by atoms with Crippen molar-refractivity contribution in [2.45, 2.75) is 19.3 Å². The molecule has 0 saturated heterocycles. The van der Waals surface area contributed by atoms with Gasteiger partial charge in [0.2, 0.25) is 0 Å². The van der Waals surface area contributed by atoms with E-state index in [1.807, 2.05) is 13.0 Å². The summed E-state index contributed by atoms with van der Waals surface area (Å²) in [6.07, 6.45) is 1.18. The zero-order valence-electron chi connectivity index (χ0n) is 6.58. The minimum atomic E-state index is 0.581. The van der Waals surface area contributed by atoms with Gasteiger partial charge in [-0.3, -0.25) is 0 Å². The van der Waals surface area contributed by atoms with Gasteiger partial charge < -0.3 is 10.3 Å². The molecule has 2 rings (SSSR count). The Balaban J connectivity index is 2.08. The van der Waals surface area contributed by atoms with Gasteiger partial charge in [0.25, 0.3) is 0 Å². The lowest BCUT2D eigenvalue weighted by Gasteiger charge is -1.87. The first-order valence-corrected chi connectivity index (χ1v) is 3.94. The van der Waals surface area contributed by atoms with E-state index >= 15 is 0 Å². The quantitative estimate of drug-likeness (QED) is 0.689. The second-order valence-electron chi connectivity index (χ2n) is 3.20. The normalized spacial score (nSPS) is 28.9. The summed E-state index contributed by atoms with van der Waals surface area (Å²) in [6, 6.07) is 2.00. The highest BCUT2D eigenvalue weighted by Gasteiger charge is 2.39. The van der Waals surface area contributed by atoms with Crippen LogP contribution in [-0.2, 0) is 0 Å². The predicted molar refractivity (Wildman–Crippen MR) is 41.1 cm³/mol. The average Bonchev–Trinajstić information content (AvgIpc) is 2.68. The summed E-state index contributed by atoms with van der Waals surface area (Å²) in [7, 11) is 0. The Bertz CT molecular complexity index is 256. The lowest BCUT2D eigenvalue weighted by Crippen LogP contribution is -2.01. The maximum absolute atomic E-state index is 5.51. The van der Waals surface area contributed by atoms with E-state index in [2.05, 4.69) is 5.16 Å². The third-order valence-electron chi connectivity index (χ3n) is 2.25. The Hall–Kier alpha value is -0.830. The number of aromatic nitrogens is 1. The fourth-order valence-corrected chi connectivity index (χ4v) is 1.43. The SMILES string of the molecule is Cc1cc(C2CC2CN)no1. The molecule has 2 unspecified atom stereocenters. The molecule has 1 heterocycles. The molecule has 0 aliphatic heterocycles. The van der Waals surface area contributed by atoms with Gasteiger partial charge in [-0.05, 0) is 25.8 Å². The number of aryl methyl sites for hydroxylation is 1. The molecule has 1 aromatic rings. The molecule has 2 atom stereocenters. The number of rotatable bonds is 2. The van der Waals surface area contributed by atoms with Crippen LogP contribution >= 0.6 is 0 Å². The molecule has 3 heteroatoms. The molecule has 0 aromatic carbocycles. The molecular formula is C8H12N2O. The Kier molecular flexibility index (Phi) is 1.46. The lowest BCUT2D eigenvalue weighted by molar-refractivity contribution is 0.390. The molecule has 1 aliphatic carbocycles. The molecule has 3 nitrogen and oxygen atoms in total. The van der Waals surface area contributed by atoms with Crippen LogP contribution in [0.2, 0.25) is 0 Å².